The summed E-state index contributed by atoms with van der Waals surface area (Å²) in [6.45, 7) is 2.02. The number of hydrogen-bond donors (Lipinski definition) is 1. The van der Waals surface area contributed by atoms with Crippen LogP contribution in [0.3, 0.4) is 0 Å². The fourth-order valence-corrected chi connectivity index (χ4v) is 3.98. The van der Waals surface area contributed by atoms with Crippen LogP contribution in [0.2, 0.25) is 5.02 Å². The van der Waals surface area contributed by atoms with Gasteiger partial charge in [0.2, 0.25) is 0 Å². The Morgan fingerprint density at radius 3 is 2.43 bits per heavy atom. The molecule has 1 aliphatic rings. The van der Waals surface area contributed by atoms with E-state index < -0.39 is 10.2 Å². The summed E-state index contributed by atoms with van der Waals surface area (Å²) < 4.78 is 29.5. The van der Waals surface area contributed by atoms with Crippen LogP contribution in [0.5, 0.6) is 0 Å². The topological polar surface area (TPSA) is 78.8 Å². The van der Waals surface area contributed by atoms with Crippen LogP contribution >= 0.6 is 11.6 Å². The standard InChI is InChI=1S/C20H20ClN3O3S/c1-15-19(20(25)22-13-17-7-9-18(21)10-8-17)14-24(28(26,27)23-15)12-11-16-5-3-2-4-6-16/h2-10,14H,11-13H2,1H3,(H,22,25). The minimum atomic E-state index is -3.83. The van der Waals surface area contributed by atoms with Crippen LogP contribution in [0, 0.1) is 0 Å². The average molecular weight is 418 g/mol. The van der Waals surface area contributed by atoms with Gasteiger partial charge in [0.15, 0.2) is 0 Å². The van der Waals surface area contributed by atoms with Gasteiger partial charge in [0, 0.05) is 24.3 Å². The molecule has 1 amide bonds. The lowest BCUT2D eigenvalue weighted by molar-refractivity contribution is -0.117. The molecule has 0 aromatic heterocycles. The largest absolute Gasteiger partial charge is 0.348 e. The van der Waals surface area contributed by atoms with E-state index in [9.17, 15) is 13.2 Å². The minimum Gasteiger partial charge on any atom is -0.348 e. The molecule has 8 heteroatoms. The summed E-state index contributed by atoms with van der Waals surface area (Å²) in [6, 6.07) is 16.7. The van der Waals surface area contributed by atoms with E-state index >= 15 is 0 Å². The summed E-state index contributed by atoms with van der Waals surface area (Å²) in [6.07, 6.45) is 1.88. The van der Waals surface area contributed by atoms with Crippen molar-refractivity contribution in [1.82, 2.24) is 9.62 Å². The minimum absolute atomic E-state index is 0.171. The zero-order valence-corrected chi connectivity index (χ0v) is 16.9. The van der Waals surface area contributed by atoms with Gasteiger partial charge in [0.05, 0.1) is 11.3 Å². The van der Waals surface area contributed by atoms with Gasteiger partial charge in [-0.05, 0) is 36.6 Å². The highest BCUT2D eigenvalue weighted by Gasteiger charge is 2.27. The molecule has 146 valence electrons. The third kappa shape index (κ3) is 4.99. The molecule has 1 heterocycles. The van der Waals surface area contributed by atoms with Crippen LogP contribution in [0.15, 0.2) is 70.8 Å². The van der Waals surface area contributed by atoms with Gasteiger partial charge in [-0.3, -0.25) is 9.10 Å². The fourth-order valence-electron chi connectivity index (χ4n) is 2.75. The van der Waals surface area contributed by atoms with Crippen molar-refractivity contribution >= 4 is 33.4 Å². The van der Waals surface area contributed by atoms with Crippen molar-refractivity contribution in [1.29, 1.82) is 0 Å². The molecule has 1 N–H and O–H groups in total. The van der Waals surface area contributed by atoms with E-state index in [1.165, 1.54) is 13.1 Å². The van der Waals surface area contributed by atoms with Crippen LogP contribution in [0.25, 0.3) is 0 Å². The zero-order chi connectivity index (χ0) is 20.1. The van der Waals surface area contributed by atoms with Crippen LogP contribution in [0.4, 0.5) is 0 Å². The second-order valence-corrected chi connectivity index (χ2v) is 8.34. The fraction of sp³-hybridized carbons (Fsp3) is 0.200. The lowest BCUT2D eigenvalue weighted by Crippen LogP contribution is -2.36. The van der Waals surface area contributed by atoms with Crippen molar-refractivity contribution in [2.75, 3.05) is 6.54 Å². The third-order valence-corrected chi connectivity index (χ3v) is 5.92. The molecule has 3 rings (SSSR count). The summed E-state index contributed by atoms with van der Waals surface area (Å²) in [5.41, 5.74) is 2.30. The quantitative estimate of drug-likeness (QED) is 0.784. The van der Waals surface area contributed by atoms with Gasteiger partial charge >= 0.3 is 10.2 Å². The highest BCUT2D eigenvalue weighted by atomic mass is 35.5. The first-order valence-electron chi connectivity index (χ1n) is 8.72. The van der Waals surface area contributed by atoms with E-state index in [1.807, 2.05) is 42.5 Å². The number of nitrogens with zero attached hydrogens (tertiary/aromatic N) is 2. The summed E-state index contributed by atoms with van der Waals surface area (Å²) in [4.78, 5) is 12.6. The molecule has 6 nitrogen and oxygen atoms in total. The Labute approximate surface area is 169 Å². The van der Waals surface area contributed by atoms with Gasteiger partial charge < -0.3 is 5.32 Å². The normalized spacial score (nSPS) is 15.6. The van der Waals surface area contributed by atoms with Crippen molar-refractivity contribution in [2.45, 2.75) is 19.9 Å². The maximum absolute atomic E-state index is 12.6. The maximum atomic E-state index is 12.6. The van der Waals surface area contributed by atoms with Gasteiger partial charge in [-0.2, -0.15) is 8.42 Å². The van der Waals surface area contributed by atoms with Crippen molar-refractivity contribution in [3.8, 4) is 0 Å². The first kappa shape index (κ1) is 20.1. The van der Waals surface area contributed by atoms with Crippen molar-refractivity contribution < 1.29 is 13.2 Å². The molecule has 0 radical (unpaired) electrons. The SMILES string of the molecule is CC1=NS(=O)(=O)N(CCc2ccccc2)C=C1C(=O)NCc1ccc(Cl)cc1. The molecule has 1 aliphatic heterocycles. The summed E-state index contributed by atoms with van der Waals surface area (Å²) in [5, 5.41) is 3.41. The van der Waals surface area contributed by atoms with E-state index in [4.69, 9.17) is 11.6 Å². The lowest BCUT2D eigenvalue weighted by atomic mass is 10.1. The third-order valence-electron chi connectivity index (χ3n) is 4.29. The molecule has 0 unspecified atom stereocenters. The zero-order valence-electron chi connectivity index (χ0n) is 15.3. The number of halogens is 1. The number of carbonyl (C=O) groups excluding carboxylic acids is 1. The predicted octanol–water partition coefficient (Wildman–Crippen LogP) is 3.10. The summed E-state index contributed by atoms with van der Waals surface area (Å²) in [5.74, 6) is -0.379. The molecule has 0 spiro atoms. The molecule has 2 aromatic carbocycles. The average Bonchev–Trinajstić information content (AvgIpc) is 2.67. The van der Waals surface area contributed by atoms with Crippen molar-refractivity contribution in [3.63, 3.8) is 0 Å². The van der Waals surface area contributed by atoms with Crippen LogP contribution in [0.1, 0.15) is 18.1 Å². The Kier molecular flexibility index (Phi) is 6.16. The molecular formula is C20H20ClN3O3S. The second-order valence-electron chi connectivity index (χ2n) is 6.35. The van der Waals surface area contributed by atoms with E-state index in [-0.39, 0.29) is 23.7 Å². The molecule has 2 aromatic rings. The van der Waals surface area contributed by atoms with Gasteiger partial charge in [0.1, 0.15) is 0 Å². The van der Waals surface area contributed by atoms with Gasteiger partial charge in [-0.15, -0.1) is 4.40 Å². The predicted molar refractivity (Wildman–Crippen MR) is 110 cm³/mol. The Balaban J connectivity index is 1.70. The van der Waals surface area contributed by atoms with Gasteiger partial charge in [-0.25, -0.2) is 0 Å². The highest BCUT2D eigenvalue weighted by molar-refractivity contribution is 7.88. The Morgan fingerprint density at radius 2 is 1.75 bits per heavy atom. The van der Waals surface area contributed by atoms with E-state index in [1.54, 1.807) is 12.1 Å². The number of nitrogens with one attached hydrogen (secondary N) is 1. The molecule has 0 saturated carbocycles. The van der Waals surface area contributed by atoms with E-state index in [0.29, 0.717) is 18.0 Å². The first-order chi connectivity index (χ1) is 13.3. The number of hydrogen-bond acceptors (Lipinski definition) is 3. The molecule has 0 saturated heterocycles. The Bertz CT molecular complexity index is 1020. The van der Waals surface area contributed by atoms with Crippen molar-refractivity contribution in [3.05, 3.63) is 82.5 Å². The molecule has 0 bridgehead atoms. The Morgan fingerprint density at radius 1 is 1.07 bits per heavy atom. The molecule has 28 heavy (non-hydrogen) atoms. The number of carbonyl (C=O) groups is 1. The number of amides is 1. The molecular weight excluding hydrogens is 398 g/mol. The first-order valence-corrected chi connectivity index (χ1v) is 10.5. The van der Waals surface area contributed by atoms with Crippen LogP contribution in [-0.2, 0) is 28.0 Å². The van der Waals surface area contributed by atoms with E-state index in [2.05, 4.69) is 9.71 Å². The molecule has 0 fully saturated rings. The Hall–Kier alpha value is -2.64. The van der Waals surface area contributed by atoms with Crippen LogP contribution < -0.4 is 5.32 Å². The van der Waals surface area contributed by atoms with Crippen LogP contribution in [-0.4, -0.2) is 30.9 Å². The lowest BCUT2D eigenvalue weighted by Gasteiger charge is -2.23. The molecule has 0 aliphatic carbocycles. The highest BCUT2D eigenvalue weighted by Crippen LogP contribution is 2.18. The maximum Gasteiger partial charge on any atom is 0.344 e. The van der Waals surface area contributed by atoms with Crippen molar-refractivity contribution in [2.24, 2.45) is 4.40 Å². The van der Waals surface area contributed by atoms with E-state index in [0.717, 1.165) is 15.4 Å². The van der Waals surface area contributed by atoms with Gasteiger partial charge in [0.25, 0.3) is 5.91 Å². The number of rotatable bonds is 6. The second kappa shape index (κ2) is 8.58. The number of benzene rings is 2. The summed E-state index contributed by atoms with van der Waals surface area (Å²) in [7, 11) is -3.83. The smallest absolute Gasteiger partial charge is 0.344 e. The summed E-state index contributed by atoms with van der Waals surface area (Å²) >= 11 is 5.86. The monoisotopic (exact) mass is 417 g/mol. The van der Waals surface area contributed by atoms with Gasteiger partial charge in [-0.1, -0.05) is 54.1 Å². The molecule has 0 atom stereocenters.